The van der Waals surface area contributed by atoms with E-state index in [-0.39, 0.29) is 0 Å². The Morgan fingerprint density at radius 3 is 1.58 bits per heavy atom. The minimum atomic E-state index is 0.566. The lowest BCUT2D eigenvalue weighted by atomic mass is 9.97. The lowest BCUT2D eigenvalue weighted by Gasteiger charge is -2.17. The zero-order chi connectivity index (χ0) is 36.6. The second-order valence-corrected chi connectivity index (χ2v) is 13.9. The zero-order valence-electron chi connectivity index (χ0n) is 29.5. The molecule has 0 spiro atoms. The fraction of sp³-hybridized carbons (Fsp3) is 0. The molecule has 8 aromatic carbocycles. The topological polar surface area (TPSA) is 42.9 Å². The summed E-state index contributed by atoms with van der Waals surface area (Å²) in [7, 11) is 0. The molecule has 0 aliphatic rings. The summed E-state index contributed by atoms with van der Waals surface area (Å²) < 4.78 is 6.87. The number of aromatic nitrogens is 3. The monoisotopic (exact) mass is 699 g/mol. The van der Waals surface area contributed by atoms with Crippen molar-refractivity contribution in [1.29, 1.82) is 5.26 Å². The highest BCUT2D eigenvalue weighted by molar-refractivity contribution is 6.14. The molecule has 11 rings (SSSR count). The summed E-state index contributed by atoms with van der Waals surface area (Å²) in [5, 5.41) is 17.5. The highest BCUT2D eigenvalue weighted by atomic mass is 15.0. The van der Waals surface area contributed by atoms with Crippen molar-refractivity contribution in [3.05, 3.63) is 193 Å². The Morgan fingerprint density at radius 1 is 0.436 bits per heavy atom. The van der Waals surface area contributed by atoms with E-state index in [1.165, 1.54) is 32.6 Å². The van der Waals surface area contributed by atoms with Gasteiger partial charge in [0.1, 0.15) is 0 Å². The smallest absolute Gasteiger partial charge is 0.211 e. The van der Waals surface area contributed by atoms with Crippen molar-refractivity contribution in [3.8, 4) is 34.3 Å². The van der Waals surface area contributed by atoms with Gasteiger partial charge >= 0.3 is 0 Å². The molecule has 0 radical (unpaired) electrons. The number of benzene rings is 8. The molecule has 55 heavy (non-hydrogen) atoms. The minimum absolute atomic E-state index is 0.566. The highest BCUT2D eigenvalue weighted by Crippen LogP contribution is 2.42. The SMILES string of the molecule is [C-]#[N+]c1cccc2c3ccccc3n(-c3cccc(C#N)c3-c3cccc(-n4c5ccccc5c5ccc(-n6c7ccccc7c7ccccc76)cc54)c3)c12. The van der Waals surface area contributed by atoms with Crippen LogP contribution in [0.3, 0.4) is 0 Å². The number of fused-ring (bicyclic) bond motifs is 9. The zero-order valence-corrected chi connectivity index (χ0v) is 29.5. The van der Waals surface area contributed by atoms with Crippen LogP contribution in [0.25, 0.3) is 98.5 Å². The molecule has 0 unspecified atom stereocenters. The van der Waals surface area contributed by atoms with Gasteiger partial charge in [-0.25, -0.2) is 4.85 Å². The molecule has 0 atom stereocenters. The molecule has 3 aromatic heterocycles. The number of rotatable bonds is 4. The first kappa shape index (κ1) is 30.7. The lowest BCUT2D eigenvalue weighted by Crippen LogP contribution is -2.01. The van der Waals surface area contributed by atoms with E-state index in [9.17, 15) is 5.26 Å². The van der Waals surface area contributed by atoms with Crippen LogP contribution in [0.5, 0.6) is 0 Å². The maximum Gasteiger partial charge on any atom is 0.211 e. The molecule has 0 saturated heterocycles. The summed E-state index contributed by atoms with van der Waals surface area (Å²) >= 11 is 0. The van der Waals surface area contributed by atoms with Gasteiger partial charge in [0.25, 0.3) is 0 Å². The van der Waals surface area contributed by atoms with E-state index in [0.29, 0.717) is 11.3 Å². The van der Waals surface area contributed by atoms with E-state index in [1.807, 2.05) is 36.4 Å². The van der Waals surface area contributed by atoms with Crippen LogP contribution in [0.15, 0.2) is 176 Å². The van der Waals surface area contributed by atoms with E-state index in [2.05, 4.69) is 164 Å². The molecule has 5 heteroatoms. The van der Waals surface area contributed by atoms with Crippen molar-refractivity contribution < 1.29 is 0 Å². The first-order valence-electron chi connectivity index (χ1n) is 18.3. The molecule has 11 aromatic rings. The lowest BCUT2D eigenvalue weighted by molar-refractivity contribution is 1.15. The molecule has 0 fully saturated rings. The van der Waals surface area contributed by atoms with E-state index in [4.69, 9.17) is 6.57 Å². The summed E-state index contributed by atoms with van der Waals surface area (Å²) in [6, 6.07) is 63.6. The third kappa shape index (κ3) is 4.39. The van der Waals surface area contributed by atoms with Crippen LogP contribution in [0.1, 0.15) is 5.56 Å². The van der Waals surface area contributed by atoms with Gasteiger partial charge in [0.05, 0.1) is 57.0 Å². The number of hydrogen-bond donors (Lipinski definition) is 0. The van der Waals surface area contributed by atoms with Gasteiger partial charge in [0.2, 0.25) is 5.69 Å². The summed E-state index contributed by atoms with van der Waals surface area (Å²) in [4.78, 5) is 3.95. The molecular formula is C50H29N5. The number of nitrogens with zero attached hydrogens (tertiary/aromatic N) is 5. The van der Waals surface area contributed by atoms with Crippen molar-refractivity contribution in [1.82, 2.24) is 13.7 Å². The van der Waals surface area contributed by atoms with Crippen LogP contribution < -0.4 is 0 Å². The summed E-state index contributed by atoms with van der Waals surface area (Å²) in [6.07, 6.45) is 0. The average molecular weight is 700 g/mol. The third-order valence-electron chi connectivity index (χ3n) is 11.1. The van der Waals surface area contributed by atoms with Crippen molar-refractivity contribution in [3.63, 3.8) is 0 Å². The van der Waals surface area contributed by atoms with Gasteiger partial charge in [-0.05, 0) is 71.6 Å². The Bertz CT molecular complexity index is 3420. The predicted octanol–water partition coefficient (Wildman–Crippen LogP) is 13.1. The molecule has 0 bridgehead atoms. The third-order valence-corrected chi connectivity index (χ3v) is 11.1. The molecule has 3 heterocycles. The van der Waals surface area contributed by atoms with Crippen LogP contribution >= 0.6 is 0 Å². The first-order chi connectivity index (χ1) is 27.2. The normalized spacial score (nSPS) is 11.6. The molecular weight excluding hydrogens is 671 g/mol. The molecule has 0 aliphatic carbocycles. The molecule has 0 N–H and O–H groups in total. The maximum atomic E-state index is 10.6. The van der Waals surface area contributed by atoms with Gasteiger partial charge in [0.15, 0.2) is 0 Å². The quantitative estimate of drug-likeness (QED) is 0.169. The molecule has 0 aliphatic heterocycles. The van der Waals surface area contributed by atoms with E-state index < -0.39 is 0 Å². The van der Waals surface area contributed by atoms with Crippen molar-refractivity contribution >= 4 is 71.1 Å². The Balaban J connectivity index is 1.18. The highest BCUT2D eigenvalue weighted by Gasteiger charge is 2.21. The van der Waals surface area contributed by atoms with E-state index in [0.717, 1.165) is 61.0 Å². The van der Waals surface area contributed by atoms with Gasteiger partial charge in [-0.15, -0.1) is 0 Å². The number of nitriles is 1. The fourth-order valence-electron chi connectivity index (χ4n) is 8.84. The van der Waals surface area contributed by atoms with Crippen LogP contribution in [-0.4, -0.2) is 13.7 Å². The average Bonchev–Trinajstić information content (AvgIpc) is 3.89. The fourth-order valence-corrected chi connectivity index (χ4v) is 8.84. The van der Waals surface area contributed by atoms with Crippen molar-refractivity contribution in [2.75, 3.05) is 0 Å². The molecule has 0 amide bonds. The van der Waals surface area contributed by atoms with Crippen LogP contribution in [0, 0.1) is 17.9 Å². The van der Waals surface area contributed by atoms with Crippen molar-refractivity contribution in [2.45, 2.75) is 0 Å². The predicted molar refractivity (Wildman–Crippen MR) is 226 cm³/mol. The van der Waals surface area contributed by atoms with Gasteiger partial charge in [0, 0.05) is 43.9 Å². The van der Waals surface area contributed by atoms with E-state index in [1.54, 1.807) is 0 Å². The summed E-state index contributed by atoms with van der Waals surface area (Å²) in [6.45, 7) is 8.09. The van der Waals surface area contributed by atoms with Gasteiger partial charge in [-0.2, -0.15) is 5.26 Å². The Labute approximate surface area is 316 Å². The Kier molecular flexibility index (Phi) is 6.61. The number of hydrogen-bond acceptors (Lipinski definition) is 1. The number of para-hydroxylation sites is 5. The molecule has 254 valence electrons. The molecule has 5 nitrogen and oxygen atoms in total. The second-order valence-electron chi connectivity index (χ2n) is 13.9. The molecule has 0 saturated carbocycles. The Morgan fingerprint density at radius 2 is 0.945 bits per heavy atom. The largest absolute Gasteiger partial charge is 0.318 e. The van der Waals surface area contributed by atoms with Gasteiger partial charge in [-0.3, -0.25) is 0 Å². The summed E-state index contributed by atoms with van der Waals surface area (Å²) in [5.74, 6) is 0. The van der Waals surface area contributed by atoms with E-state index >= 15 is 0 Å². The Hall–Kier alpha value is -7.86. The summed E-state index contributed by atoms with van der Waals surface area (Å²) in [5.41, 5.74) is 12.2. The van der Waals surface area contributed by atoms with Crippen LogP contribution in [0.4, 0.5) is 5.69 Å². The van der Waals surface area contributed by atoms with Gasteiger partial charge in [-0.1, -0.05) is 115 Å². The second kappa shape index (κ2) is 11.8. The minimum Gasteiger partial charge on any atom is -0.318 e. The van der Waals surface area contributed by atoms with Crippen molar-refractivity contribution in [2.24, 2.45) is 0 Å². The van der Waals surface area contributed by atoms with Gasteiger partial charge < -0.3 is 13.7 Å². The van der Waals surface area contributed by atoms with Crippen LogP contribution in [0.2, 0.25) is 0 Å². The van der Waals surface area contributed by atoms with Crippen LogP contribution in [-0.2, 0) is 0 Å². The maximum absolute atomic E-state index is 10.6. The standard InChI is InChI=1S/C50H29N5/c1-52-42-21-12-20-41-39-19-5-9-25-46(39)55(50(41)42)47-26-11-14-33(31-51)49(47)32-13-10-15-34(29-32)54-45-24-8-4-18-38(45)40-28-27-35(30-48(40)54)53-43-22-6-2-16-36(43)37-17-3-7-23-44(37)53/h2-30H. The first-order valence-corrected chi connectivity index (χ1v) is 18.3.